The lowest BCUT2D eigenvalue weighted by molar-refractivity contribution is 0.135. The van der Waals surface area contributed by atoms with Crippen molar-refractivity contribution in [2.24, 2.45) is 23.0 Å². The molecular weight excluding hydrogens is 158 g/mol. The number of nitrogens with two attached hydrogens (primary N) is 1. The van der Waals surface area contributed by atoms with Crippen LogP contribution in [0.4, 0.5) is 0 Å². The lowest BCUT2D eigenvalue weighted by Crippen LogP contribution is -2.33. The second-order valence-corrected chi connectivity index (χ2v) is 5.83. The first-order valence-electron chi connectivity index (χ1n) is 5.67. The monoisotopic (exact) mass is 183 g/mol. The van der Waals surface area contributed by atoms with E-state index in [4.69, 9.17) is 5.73 Å². The first-order valence-corrected chi connectivity index (χ1v) is 5.67. The normalized spacial score (nSPS) is 33.0. The van der Waals surface area contributed by atoms with Crippen LogP contribution in [0.25, 0.3) is 0 Å². The smallest absolute Gasteiger partial charge is 0.00390 e. The minimum Gasteiger partial charge on any atom is -0.328 e. The van der Waals surface area contributed by atoms with E-state index in [-0.39, 0.29) is 0 Å². The van der Waals surface area contributed by atoms with Crippen LogP contribution >= 0.6 is 0 Å². The molecule has 78 valence electrons. The molecule has 13 heavy (non-hydrogen) atoms. The van der Waals surface area contributed by atoms with Crippen molar-refractivity contribution in [3.05, 3.63) is 0 Å². The molecule has 0 radical (unpaired) electrons. The van der Waals surface area contributed by atoms with E-state index in [1.807, 2.05) is 0 Å². The first-order chi connectivity index (χ1) is 5.91. The van der Waals surface area contributed by atoms with Gasteiger partial charge in [0.15, 0.2) is 0 Å². The van der Waals surface area contributed by atoms with Gasteiger partial charge in [0.2, 0.25) is 0 Å². The summed E-state index contributed by atoms with van der Waals surface area (Å²) in [6.07, 6.45) is 5.18. The molecule has 0 heterocycles. The van der Waals surface area contributed by atoms with Crippen molar-refractivity contribution in [2.45, 2.75) is 59.4 Å². The molecule has 1 saturated carbocycles. The fourth-order valence-electron chi connectivity index (χ4n) is 2.35. The van der Waals surface area contributed by atoms with Gasteiger partial charge < -0.3 is 5.73 Å². The predicted octanol–water partition coefficient (Wildman–Crippen LogP) is 3.19. The van der Waals surface area contributed by atoms with E-state index in [9.17, 15) is 0 Å². The van der Waals surface area contributed by atoms with E-state index in [0.717, 1.165) is 11.8 Å². The molecule has 1 unspecified atom stereocenters. The van der Waals surface area contributed by atoms with Crippen LogP contribution in [0.3, 0.4) is 0 Å². The molecule has 0 aromatic carbocycles. The molecule has 0 saturated heterocycles. The van der Waals surface area contributed by atoms with Gasteiger partial charge >= 0.3 is 0 Å². The lowest BCUT2D eigenvalue weighted by Gasteiger charge is -2.38. The Hall–Kier alpha value is -0.0400. The second kappa shape index (κ2) is 4.00. The maximum absolute atomic E-state index is 5.91. The molecule has 0 aromatic heterocycles. The number of hydrogen-bond donors (Lipinski definition) is 1. The molecule has 0 aliphatic heterocycles. The minimum absolute atomic E-state index is 0.464. The van der Waals surface area contributed by atoms with Crippen molar-refractivity contribution in [3.63, 3.8) is 0 Å². The van der Waals surface area contributed by atoms with Gasteiger partial charge in [0.05, 0.1) is 0 Å². The van der Waals surface area contributed by atoms with Gasteiger partial charge in [-0.3, -0.25) is 0 Å². The van der Waals surface area contributed by atoms with Gasteiger partial charge in [-0.15, -0.1) is 0 Å². The Bertz CT molecular complexity index is 149. The van der Waals surface area contributed by atoms with E-state index in [1.165, 1.54) is 25.7 Å². The summed E-state index contributed by atoms with van der Waals surface area (Å²) in [4.78, 5) is 0. The third-order valence-electron chi connectivity index (χ3n) is 3.89. The second-order valence-electron chi connectivity index (χ2n) is 5.83. The Morgan fingerprint density at radius 3 is 1.92 bits per heavy atom. The Labute approximate surface area is 83.1 Å². The van der Waals surface area contributed by atoms with E-state index in [1.54, 1.807) is 0 Å². The third kappa shape index (κ3) is 2.98. The molecule has 0 spiro atoms. The van der Waals surface area contributed by atoms with Crippen LogP contribution in [0.2, 0.25) is 0 Å². The Morgan fingerprint density at radius 1 is 1.08 bits per heavy atom. The summed E-state index contributed by atoms with van der Waals surface area (Å²) in [6.45, 7) is 9.46. The first kappa shape index (κ1) is 11.0. The van der Waals surface area contributed by atoms with Crippen LogP contribution in [-0.4, -0.2) is 6.04 Å². The van der Waals surface area contributed by atoms with Crippen molar-refractivity contribution >= 4 is 0 Å². The standard InChI is InChI=1S/C12H25N/c1-9(12(2,3)4)10-5-7-11(13)8-6-10/h9-11H,5-8,13H2,1-4H3/t9?,10-,11+. The lowest BCUT2D eigenvalue weighted by atomic mass is 9.69. The summed E-state index contributed by atoms with van der Waals surface area (Å²) in [5.41, 5.74) is 6.37. The van der Waals surface area contributed by atoms with Gasteiger partial charge in [0, 0.05) is 6.04 Å². The molecule has 1 nitrogen and oxygen atoms in total. The summed E-state index contributed by atoms with van der Waals surface area (Å²) >= 11 is 0. The zero-order valence-electron chi connectivity index (χ0n) is 9.64. The van der Waals surface area contributed by atoms with E-state index in [0.29, 0.717) is 11.5 Å². The molecule has 2 N–H and O–H groups in total. The predicted molar refractivity (Wildman–Crippen MR) is 58.6 cm³/mol. The van der Waals surface area contributed by atoms with Gasteiger partial charge in [-0.25, -0.2) is 0 Å². The van der Waals surface area contributed by atoms with Crippen LogP contribution in [0.1, 0.15) is 53.4 Å². The molecule has 0 bridgehead atoms. The molecule has 1 heteroatoms. The summed E-state index contributed by atoms with van der Waals surface area (Å²) in [5, 5.41) is 0. The average molecular weight is 183 g/mol. The van der Waals surface area contributed by atoms with E-state index >= 15 is 0 Å². The van der Waals surface area contributed by atoms with Crippen LogP contribution in [0, 0.1) is 17.3 Å². The Balaban J connectivity index is 2.45. The van der Waals surface area contributed by atoms with Crippen LogP contribution < -0.4 is 5.73 Å². The molecule has 1 rings (SSSR count). The van der Waals surface area contributed by atoms with Crippen molar-refractivity contribution < 1.29 is 0 Å². The highest BCUT2D eigenvalue weighted by molar-refractivity contribution is 4.82. The van der Waals surface area contributed by atoms with Gasteiger partial charge in [0.25, 0.3) is 0 Å². The summed E-state index contributed by atoms with van der Waals surface area (Å²) in [7, 11) is 0. The largest absolute Gasteiger partial charge is 0.328 e. The fraction of sp³-hybridized carbons (Fsp3) is 1.00. The molecule has 1 aliphatic rings. The Morgan fingerprint density at radius 2 is 1.54 bits per heavy atom. The molecule has 0 amide bonds. The van der Waals surface area contributed by atoms with Crippen LogP contribution in [-0.2, 0) is 0 Å². The highest BCUT2D eigenvalue weighted by Crippen LogP contribution is 2.38. The van der Waals surface area contributed by atoms with E-state index in [2.05, 4.69) is 27.7 Å². The fourth-order valence-corrected chi connectivity index (χ4v) is 2.35. The quantitative estimate of drug-likeness (QED) is 0.664. The Kier molecular flexibility index (Phi) is 3.39. The summed E-state index contributed by atoms with van der Waals surface area (Å²) < 4.78 is 0. The molecule has 1 fully saturated rings. The highest BCUT2D eigenvalue weighted by atomic mass is 14.6. The number of hydrogen-bond acceptors (Lipinski definition) is 1. The maximum atomic E-state index is 5.91. The van der Waals surface area contributed by atoms with Gasteiger partial charge in [0.1, 0.15) is 0 Å². The van der Waals surface area contributed by atoms with Crippen LogP contribution in [0.15, 0.2) is 0 Å². The topological polar surface area (TPSA) is 26.0 Å². The van der Waals surface area contributed by atoms with Gasteiger partial charge in [-0.05, 0) is 42.9 Å². The van der Waals surface area contributed by atoms with Crippen molar-refractivity contribution in [3.8, 4) is 0 Å². The molecule has 1 atom stereocenters. The average Bonchev–Trinajstić information content (AvgIpc) is 2.03. The van der Waals surface area contributed by atoms with Crippen molar-refractivity contribution in [2.75, 3.05) is 0 Å². The maximum Gasteiger partial charge on any atom is 0.00390 e. The zero-order chi connectivity index (χ0) is 10.1. The summed E-state index contributed by atoms with van der Waals surface area (Å²) in [6, 6.07) is 0.489. The van der Waals surface area contributed by atoms with Gasteiger partial charge in [-0.1, -0.05) is 27.7 Å². The van der Waals surface area contributed by atoms with E-state index < -0.39 is 0 Å². The van der Waals surface area contributed by atoms with Crippen molar-refractivity contribution in [1.29, 1.82) is 0 Å². The molecule has 0 aromatic rings. The highest BCUT2D eigenvalue weighted by Gasteiger charge is 2.30. The minimum atomic E-state index is 0.464. The SMILES string of the molecule is CC([C@H]1CC[C@@H](N)CC1)C(C)(C)C. The van der Waals surface area contributed by atoms with Crippen LogP contribution in [0.5, 0.6) is 0 Å². The van der Waals surface area contributed by atoms with Crippen molar-refractivity contribution in [1.82, 2.24) is 0 Å². The third-order valence-corrected chi connectivity index (χ3v) is 3.89. The zero-order valence-corrected chi connectivity index (χ0v) is 9.64. The molecular formula is C12H25N. The molecule has 1 aliphatic carbocycles. The number of rotatable bonds is 1. The summed E-state index contributed by atoms with van der Waals surface area (Å²) in [5.74, 6) is 1.75. The van der Waals surface area contributed by atoms with Gasteiger partial charge in [-0.2, -0.15) is 0 Å².